The standard InChI is InChI=1S/C14H18ClF4N/c1-2-7-20-11(5-6-14(17,18)19)8-10-3-4-13(16)12(15)9-10/h3-4,9,11,20H,2,5-8H2,1H3. The van der Waals surface area contributed by atoms with Crippen LogP contribution in [0.15, 0.2) is 18.2 Å². The molecule has 20 heavy (non-hydrogen) atoms. The SMILES string of the molecule is CCCNC(CCC(F)(F)F)Cc1ccc(F)c(Cl)c1. The molecule has 0 spiro atoms. The van der Waals surface area contributed by atoms with Gasteiger partial charge in [-0.15, -0.1) is 0 Å². The maximum absolute atomic E-state index is 13.0. The van der Waals surface area contributed by atoms with Gasteiger partial charge in [0.2, 0.25) is 0 Å². The normalized spacial score (nSPS) is 13.5. The zero-order valence-electron chi connectivity index (χ0n) is 11.2. The van der Waals surface area contributed by atoms with E-state index in [1.165, 1.54) is 12.1 Å². The summed E-state index contributed by atoms with van der Waals surface area (Å²) in [6.45, 7) is 2.60. The third-order valence-electron chi connectivity index (χ3n) is 2.93. The number of benzene rings is 1. The van der Waals surface area contributed by atoms with Gasteiger partial charge in [-0.2, -0.15) is 13.2 Å². The predicted molar refractivity (Wildman–Crippen MR) is 72.5 cm³/mol. The number of hydrogen-bond acceptors (Lipinski definition) is 1. The summed E-state index contributed by atoms with van der Waals surface area (Å²) in [5.74, 6) is -0.524. The topological polar surface area (TPSA) is 12.0 Å². The number of hydrogen-bond donors (Lipinski definition) is 1. The van der Waals surface area contributed by atoms with Crippen molar-refractivity contribution in [2.24, 2.45) is 0 Å². The Balaban J connectivity index is 2.65. The molecule has 6 heteroatoms. The van der Waals surface area contributed by atoms with Gasteiger partial charge in [0.25, 0.3) is 0 Å². The summed E-state index contributed by atoms with van der Waals surface area (Å²) in [5.41, 5.74) is 0.729. The average molecular weight is 312 g/mol. The molecule has 0 bridgehead atoms. The monoisotopic (exact) mass is 311 g/mol. The molecule has 0 aliphatic rings. The molecule has 0 aliphatic carbocycles. The van der Waals surface area contributed by atoms with Crippen LogP contribution in [0.2, 0.25) is 5.02 Å². The quantitative estimate of drug-likeness (QED) is 0.718. The molecule has 1 unspecified atom stereocenters. The molecule has 0 fully saturated rings. The average Bonchev–Trinajstić information content (AvgIpc) is 2.36. The van der Waals surface area contributed by atoms with Gasteiger partial charge < -0.3 is 5.32 Å². The van der Waals surface area contributed by atoms with Crippen LogP contribution in [0.1, 0.15) is 31.7 Å². The van der Waals surface area contributed by atoms with Gasteiger partial charge in [0, 0.05) is 12.5 Å². The van der Waals surface area contributed by atoms with Crippen molar-refractivity contribution in [3.63, 3.8) is 0 Å². The minimum atomic E-state index is -4.16. The van der Waals surface area contributed by atoms with Crippen LogP contribution in [0.3, 0.4) is 0 Å². The molecule has 0 radical (unpaired) electrons. The van der Waals surface area contributed by atoms with Crippen LogP contribution in [0.5, 0.6) is 0 Å². The van der Waals surface area contributed by atoms with E-state index in [-0.39, 0.29) is 17.5 Å². The maximum atomic E-state index is 13.0. The zero-order chi connectivity index (χ0) is 15.2. The molecular formula is C14H18ClF4N. The van der Waals surface area contributed by atoms with E-state index in [2.05, 4.69) is 5.32 Å². The Morgan fingerprint density at radius 3 is 2.55 bits per heavy atom. The van der Waals surface area contributed by atoms with Gasteiger partial charge in [-0.3, -0.25) is 0 Å². The van der Waals surface area contributed by atoms with Crippen LogP contribution < -0.4 is 5.32 Å². The second kappa shape index (κ2) is 7.84. The van der Waals surface area contributed by atoms with Gasteiger partial charge >= 0.3 is 6.18 Å². The Labute approximate surface area is 121 Å². The van der Waals surface area contributed by atoms with E-state index in [9.17, 15) is 17.6 Å². The first-order valence-electron chi connectivity index (χ1n) is 6.56. The summed E-state index contributed by atoms with van der Waals surface area (Å²) in [6, 6.07) is 3.96. The van der Waals surface area contributed by atoms with E-state index < -0.39 is 18.4 Å². The van der Waals surface area contributed by atoms with Crippen LogP contribution in [0.25, 0.3) is 0 Å². The van der Waals surface area contributed by atoms with E-state index >= 15 is 0 Å². The van der Waals surface area contributed by atoms with E-state index in [0.717, 1.165) is 12.0 Å². The van der Waals surface area contributed by atoms with E-state index in [0.29, 0.717) is 13.0 Å². The summed E-state index contributed by atoms with van der Waals surface area (Å²) in [6.07, 6.45) is -3.75. The van der Waals surface area contributed by atoms with Crippen molar-refractivity contribution in [3.8, 4) is 0 Å². The highest BCUT2D eigenvalue weighted by atomic mass is 35.5. The number of halogens is 5. The molecule has 0 saturated heterocycles. The minimum Gasteiger partial charge on any atom is -0.314 e. The van der Waals surface area contributed by atoms with Crippen LogP contribution in [-0.4, -0.2) is 18.8 Å². The lowest BCUT2D eigenvalue weighted by Crippen LogP contribution is -2.33. The van der Waals surface area contributed by atoms with Crippen molar-refractivity contribution in [2.45, 2.75) is 44.8 Å². The van der Waals surface area contributed by atoms with Crippen molar-refractivity contribution >= 4 is 11.6 Å². The van der Waals surface area contributed by atoms with E-state index in [1.807, 2.05) is 6.92 Å². The molecule has 1 atom stereocenters. The minimum absolute atomic E-state index is 0.00149. The van der Waals surface area contributed by atoms with Crippen LogP contribution in [0, 0.1) is 5.82 Å². The molecule has 1 aromatic rings. The molecular weight excluding hydrogens is 294 g/mol. The highest BCUT2D eigenvalue weighted by Crippen LogP contribution is 2.24. The highest BCUT2D eigenvalue weighted by molar-refractivity contribution is 6.30. The summed E-state index contributed by atoms with van der Waals surface area (Å²) < 4.78 is 49.9. The smallest absolute Gasteiger partial charge is 0.314 e. The van der Waals surface area contributed by atoms with Crippen LogP contribution in [0.4, 0.5) is 17.6 Å². The van der Waals surface area contributed by atoms with Gasteiger partial charge in [0.15, 0.2) is 0 Å². The van der Waals surface area contributed by atoms with Crippen LogP contribution in [-0.2, 0) is 6.42 Å². The first kappa shape index (κ1) is 17.2. The van der Waals surface area contributed by atoms with Gasteiger partial charge in [-0.1, -0.05) is 24.6 Å². The van der Waals surface area contributed by atoms with Gasteiger partial charge in [-0.25, -0.2) is 4.39 Å². The van der Waals surface area contributed by atoms with Gasteiger partial charge in [0.1, 0.15) is 5.82 Å². The maximum Gasteiger partial charge on any atom is 0.389 e. The largest absolute Gasteiger partial charge is 0.389 e. The molecule has 1 N–H and O–H groups in total. The number of nitrogens with one attached hydrogen (secondary N) is 1. The lowest BCUT2D eigenvalue weighted by atomic mass is 10.0. The predicted octanol–water partition coefficient (Wildman–Crippen LogP) is 4.73. The molecule has 114 valence electrons. The van der Waals surface area contributed by atoms with Crippen molar-refractivity contribution in [2.75, 3.05) is 6.54 Å². The molecule has 0 aromatic heterocycles. The first-order chi connectivity index (χ1) is 9.31. The molecule has 0 saturated carbocycles. The number of alkyl halides is 3. The fourth-order valence-electron chi connectivity index (χ4n) is 1.91. The van der Waals surface area contributed by atoms with Crippen LogP contribution >= 0.6 is 11.6 Å². The summed E-state index contributed by atoms with van der Waals surface area (Å²) in [7, 11) is 0. The summed E-state index contributed by atoms with van der Waals surface area (Å²) in [4.78, 5) is 0. The Morgan fingerprint density at radius 1 is 1.30 bits per heavy atom. The molecule has 0 heterocycles. The van der Waals surface area contributed by atoms with Gasteiger partial charge in [-0.05, 0) is 43.5 Å². The molecule has 1 aromatic carbocycles. The highest BCUT2D eigenvalue weighted by Gasteiger charge is 2.28. The first-order valence-corrected chi connectivity index (χ1v) is 6.93. The van der Waals surface area contributed by atoms with Gasteiger partial charge in [0.05, 0.1) is 5.02 Å². The lowest BCUT2D eigenvalue weighted by Gasteiger charge is -2.19. The Kier molecular flexibility index (Phi) is 6.76. The number of rotatable bonds is 7. The van der Waals surface area contributed by atoms with E-state index in [4.69, 9.17) is 11.6 Å². The summed E-state index contributed by atoms with van der Waals surface area (Å²) >= 11 is 5.68. The van der Waals surface area contributed by atoms with Crippen molar-refractivity contribution in [3.05, 3.63) is 34.6 Å². The fraction of sp³-hybridized carbons (Fsp3) is 0.571. The molecule has 1 nitrogen and oxygen atoms in total. The lowest BCUT2D eigenvalue weighted by molar-refractivity contribution is -0.136. The second-order valence-corrected chi connectivity index (χ2v) is 5.16. The van der Waals surface area contributed by atoms with Crippen molar-refractivity contribution < 1.29 is 17.6 Å². The fourth-order valence-corrected chi connectivity index (χ4v) is 2.12. The second-order valence-electron chi connectivity index (χ2n) is 4.76. The third-order valence-corrected chi connectivity index (χ3v) is 3.22. The van der Waals surface area contributed by atoms with Crippen molar-refractivity contribution in [1.29, 1.82) is 0 Å². The Morgan fingerprint density at radius 2 is 2.00 bits per heavy atom. The molecule has 0 amide bonds. The zero-order valence-corrected chi connectivity index (χ0v) is 12.0. The molecule has 0 aliphatic heterocycles. The van der Waals surface area contributed by atoms with Crippen molar-refractivity contribution in [1.82, 2.24) is 5.32 Å². The third kappa shape index (κ3) is 6.57. The van der Waals surface area contributed by atoms with E-state index in [1.54, 1.807) is 6.07 Å². The Bertz CT molecular complexity index is 420. The Hall–Kier alpha value is -0.810. The molecule has 1 rings (SSSR count). The summed E-state index contributed by atoms with van der Waals surface area (Å²) in [5, 5.41) is 3.08.